The van der Waals surface area contributed by atoms with Crippen LogP contribution in [-0.2, 0) is 10.8 Å². The third-order valence-corrected chi connectivity index (χ3v) is 8.29. The molecule has 18 heavy (non-hydrogen) atoms. The monoisotopic (exact) mass is 279 g/mol. The molecule has 3 atom stereocenters. The SMILES string of the molecule is C/C=C/C[Si]1(Cl)O[C@@H]2Cc3ccccc3[C@@H]2N1C. The second kappa shape index (κ2) is 4.49. The minimum atomic E-state index is -2.26. The number of hydrogen-bond donors (Lipinski definition) is 0. The molecule has 1 aliphatic heterocycles. The lowest BCUT2D eigenvalue weighted by Crippen LogP contribution is -2.43. The number of allylic oxidation sites excluding steroid dienone is 2. The van der Waals surface area contributed by atoms with Gasteiger partial charge in [-0.25, -0.2) is 0 Å². The normalized spacial score (nSPS) is 35.1. The molecule has 0 aromatic heterocycles. The highest BCUT2D eigenvalue weighted by Gasteiger charge is 2.55. The molecule has 96 valence electrons. The molecule has 4 heteroatoms. The topological polar surface area (TPSA) is 12.5 Å². The smallest absolute Gasteiger partial charge is 0.378 e. The van der Waals surface area contributed by atoms with Gasteiger partial charge in [0, 0.05) is 6.04 Å². The van der Waals surface area contributed by atoms with Crippen molar-refractivity contribution in [3.63, 3.8) is 0 Å². The van der Waals surface area contributed by atoms with Gasteiger partial charge < -0.3 is 4.43 Å². The summed E-state index contributed by atoms with van der Waals surface area (Å²) in [6.07, 6.45) is 5.43. The zero-order valence-electron chi connectivity index (χ0n) is 10.8. The van der Waals surface area contributed by atoms with E-state index in [0.717, 1.165) is 12.5 Å². The van der Waals surface area contributed by atoms with Crippen molar-refractivity contribution in [2.45, 2.75) is 31.5 Å². The lowest BCUT2D eigenvalue weighted by atomic mass is 10.1. The second-order valence-electron chi connectivity index (χ2n) is 5.08. The minimum absolute atomic E-state index is 0.252. The summed E-state index contributed by atoms with van der Waals surface area (Å²) in [6.45, 7) is 2.03. The van der Waals surface area contributed by atoms with Crippen LogP contribution < -0.4 is 0 Å². The van der Waals surface area contributed by atoms with E-state index in [1.807, 2.05) is 6.92 Å². The van der Waals surface area contributed by atoms with Crippen LogP contribution in [0, 0.1) is 0 Å². The molecule has 0 amide bonds. The van der Waals surface area contributed by atoms with Crippen molar-refractivity contribution in [3.05, 3.63) is 47.5 Å². The van der Waals surface area contributed by atoms with E-state index in [1.165, 1.54) is 11.1 Å². The van der Waals surface area contributed by atoms with E-state index in [-0.39, 0.29) is 6.10 Å². The number of nitrogens with zero attached hydrogens (tertiary/aromatic N) is 1. The highest BCUT2D eigenvalue weighted by atomic mass is 35.6. The highest BCUT2D eigenvalue weighted by molar-refractivity contribution is 7.15. The molecular formula is C14H18ClNOSi. The fraction of sp³-hybridized carbons (Fsp3) is 0.429. The molecule has 0 spiro atoms. The van der Waals surface area contributed by atoms with Gasteiger partial charge in [-0.3, -0.25) is 4.57 Å². The number of rotatable bonds is 2. The molecule has 1 aliphatic carbocycles. The fourth-order valence-corrected chi connectivity index (χ4v) is 6.48. The van der Waals surface area contributed by atoms with Gasteiger partial charge in [0.25, 0.3) is 0 Å². The molecule has 0 radical (unpaired) electrons. The van der Waals surface area contributed by atoms with Crippen molar-refractivity contribution >= 4 is 18.9 Å². The number of likely N-dealkylation sites (N-methyl/N-ethyl adjacent to an activating group) is 1. The van der Waals surface area contributed by atoms with Crippen LogP contribution in [0.15, 0.2) is 36.4 Å². The maximum Gasteiger partial charge on any atom is 0.378 e. The Kier molecular flexibility index (Phi) is 3.10. The van der Waals surface area contributed by atoms with Gasteiger partial charge in [-0.2, -0.15) is 0 Å². The van der Waals surface area contributed by atoms with Gasteiger partial charge in [-0.1, -0.05) is 36.4 Å². The molecule has 1 aromatic rings. The van der Waals surface area contributed by atoms with Gasteiger partial charge in [-0.15, -0.1) is 11.1 Å². The Labute approximate surface area is 114 Å². The van der Waals surface area contributed by atoms with Crippen molar-refractivity contribution in [2.24, 2.45) is 0 Å². The predicted molar refractivity (Wildman–Crippen MR) is 76.8 cm³/mol. The van der Waals surface area contributed by atoms with Crippen molar-refractivity contribution in [2.75, 3.05) is 7.05 Å². The Hall–Kier alpha value is -0.613. The quantitative estimate of drug-likeness (QED) is 0.468. The summed E-state index contributed by atoms with van der Waals surface area (Å²) in [4.78, 5) is 0. The summed E-state index contributed by atoms with van der Waals surface area (Å²) in [5, 5.41) is 0. The van der Waals surface area contributed by atoms with Crippen LogP contribution in [0.5, 0.6) is 0 Å². The molecule has 1 saturated heterocycles. The van der Waals surface area contributed by atoms with Gasteiger partial charge in [0.15, 0.2) is 0 Å². The summed E-state index contributed by atoms with van der Waals surface area (Å²) < 4.78 is 8.56. The molecule has 1 heterocycles. The van der Waals surface area contributed by atoms with E-state index < -0.39 is 7.79 Å². The molecule has 0 saturated carbocycles. The third-order valence-electron chi connectivity index (χ3n) is 4.03. The first-order valence-corrected chi connectivity index (χ1v) is 9.52. The summed E-state index contributed by atoms with van der Waals surface area (Å²) in [5.41, 5.74) is 2.82. The Bertz CT molecular complexity index is 492. The summed E-state index contributed by atoms with van der Waals surface area (Å²) >= 11 is 6.76. The maximum atomic E-state index is 6.76. The third kappa shape index (κ3) is 1.77. The molecule has 1 unspecified atom stereocenters. The number of hydrogen-bond acceptors (Lipinski definition) is 2. The second-order valence-corrected chi connectivity index (χ2v) is 9.58. The number of halogens is 1. The lowest BCUT2D eigenvalue weighted by Gasteiger charge is -2.27. The molecular weight excluding hydrogens is 262 g/mol. The van der Waals surface area contributed by atoms with Gasteiger partial charge >= 0.3 is 7.79 Å². The van der Waals surface area contributed by atoms with Gasteiger partial charge in [0.1, 0.15) is 0 Å². The Morgan fingerprint density at radius 2 is 2.28 bits per heavy atom. The van der Waals surface area contributed by atoms with Crippen LogP contribution in [-0.4, -0.2) is 25.5 Å². The molecule has 3 rings (SSSR count). The van der Waals surface area contributed by atoms with Crippen molar-refractivity contribution in [1.29, 1.82) is 0 Å². The van der Waals surface area contributed by atoms with E-state index in [1.54, 1.807) is 0 Å². The van der Waals surface area contributed by atoms with Crippen LogP contribution in [0.4, 0.5) is 0 Å². The first kappa shape index (κ1) is 12.4. The summed E-state index contributed by atoms with van der Waals surface area (Å²) in [7, 11) is -0.136. The van der Waals surface area contributed by atoms with E-state index >= 15 is 0 Å². The van der Waals surface area contributed by atoms with Gasteiger partial charge in [0.2, 0.25) is 0 Å². The van der Waals surface area contributed by atoms with E-state index in [9.17, 15) is 0 Å². The molecule has 2 aliphatic rings. The molecule has 0 N–H and O–H groups in total. The zero-order chi connectivity index (χ0) is 12.8. The van der Waals surface area contributed by atoms with Gasteiger partial charge in [-0.05, 0) is 31.5 Å². The standard InChI is InChI=1S/C14H18ClNOSi/c1-3-4-9-18(15)16(2)14-12-8-6-5-7-11(12)10-13(14)17-18/h3-8,13-14H,9-10H2,1-2H3/b4-3+/t13-,14+,18?/m1/s1. The van der Waals surface area contributed by atoms with E-state index in [0.29, 0.717) is 6.04 Å². The first-order chi connectivity index (χ1) is 8.65. The Balaban J connectivity index is 1.91. The van der Waals surface area contributed by atoms with Crippen molar-refractivity contribution in [1.82, 2.24) is 4.57 Å². The van der Waals surface area contributed by atoms with Crippen LogP contribution in [0.2, 0.25) is 6.04 Å². The van der Waals surface area contributed by atoms with Crippen LogP contribution in [0.3, 0.4) is 0 Å². The fourth-order valence-electron chi connectivity index (χ4n) is 3.08. The molecule has 1 aromatic carbocycles. The lowest BCUT2D eigenvalue weighted by molar-refractivity contribution is 0.212. The van der Waals surface area contributed by atoms with Gasteiger partial charge in [0.05, 0.1) is 12.1 Å². The van der Waals surface area contributed by atoms with Crippen LogP contribution >= 0.6 is 11.1 Å². The van der Waals surface area contributed by atoms with E-state index in [4.69, 9.17) is 15.5 Å². The van der Waals surface area contributed by atoms with Crippen LogP contribution in [0.25, 0.3) is 0 Å². The average molecular weight is 280 g/mol. The average Bonchev–Trinajstić information content (AvgIpc) is 2.83. The summed E-state index contributed by atoms with van der Waals surface area (Å²) in [6, 6.07) is 9.84. The number of fused-ring (bicyclic) bond motifs is 3. The maximum absolute atomic E-state index is 6.76. The minimum Gasteiger partial charge on any atom is -0.386 e. The number of benzene rings is 1. The highest BCUT2D eigenvalue weighted by Crippen LogP contribution is 2.47. The van der Waals surface area contributed by atoms with Crippen molar-refractivity contribution < 1.29 is 4.43 Å². The zero-order valence-corrected chi connectivity index (χ0v) is 12.5. The van der Waals surface area contributed by atoms with Crippen molar-refractivity contribution in [3.8, 4) is 0 Å². The van der Waals surface area contributed by atoms with Crippen LogP contribution in [0.1, 0.15) is 24.1 Å². The van der Waals surface area contributed by atoms with E-state index in [2.05, 4.69) is 48.0 Å². The first-order valence-electron chi connectivity index (χ1n) is 6.44. The Morgan fingerprint density at radius 1 is 1.50 bits per heavy atom. The largest absolute Gasteiger partial charge is 0.386 e. The molecule has 2 nitrogen and oxygen atoms in total. The molecule has 0 bridgehead atoms. The Morgan fingerprint density at radius 3 is 3.06 bits per heavy atom. The molecule has 1 fully saturated rings. The summed E-state index contributed by atoms with van der Waals surface area (Å²) in [5.74, 6) is 0. The predicted octanol–water partition coefficient (Wildman–Crippen LogP) is 3.37.